The fraction of sp³-hybridized carbons (Fsp3) is 0.217. The minimum atomic E-state index is -0.491. The number of hydrogen-bond donors (Lipinski definition) is 1. The van der Waals surface area contributed by atoms with E-state index in [4.69, 9.17) is 4.74 Å². The first-order valence-electron chi connectivity index (χ1n) is 9.65. The smallest absolute Gasteiger partial charge is 0.273 e. The Balaban J connectivity index is 1.79. The van der Waals surface area contributed by atoms with Crippen molar-refractivity contribution in [2.45, 2.75) is 20.3 Å². The van der Waals surface area contributed by atoms with Crippen molar-refractivity contribution in [2.24, 2.45) is 5.92 Å². The van der Waals surface area contributed by atoms with E-state index in [-0.39, 0.29) is 5.69 Å². The molecule has 0 aliphatic heterocycles. The molecule has 3 aromatic rings. The molecule has 0 amide bonds. The van der Waals surface area contributed by atoms with Gasteiger partial charge in [0.05, 0.1) is 29.5 Å². The summed E-state index contributed by atoms with van der Waals surface area (Å²) in [6.45, 7) is 4.38. The van der Waals surface area contributed by atoms with Crippen LogP contribution in [0.25, 0.3) is 16.8 Å². The van der Waals surface area contributed by atoms with Gasteiger partial charge in [-0.15, -0.1) is 11.3 Å². The summed E-state index contributed by atoms with van der Waals surface area (Å²) in [4.78, 5) is 15.0. The Morgan fingerprint density at radius 3 is 2.68 bits per heavy atom. The van der Waals surface area contributed by atoms with Gasteiger partial charge in [0.2, 0.25) is 0 Å². The van der Waals surface area contributed by atoms with Crippen LogP contribution >= 0.6 is 11.3 Å². The van der Waals surface area contributed by atoms with Gasteiger partial charge >= 0.3 is 0 Å². The van der Waals surface area contributed by atoms with Crippen LogP contribution in [0.4, 0.5) is 11.4 Å². The van der Waals surface area contributed by atoms with E-state index >= 15 is 0 Å². The van der Waals surface area contributed by atoms with Crippen molar-refractivity contribution in [3.05, 3.63) is 74.7 Å². The predicted octanol–water partition coefficient (Wildman–Crippen LogP) is 5.90. The summed E-state index contributed by atoms with van der Waals surface area (Å²) in [5.74, 6) is 0.908. The molecule has 0 spiro atoms. The number of allylic oxidation sites excluding steroid dienone is 1. The zero-order chi connectivity index (χ0) is 22.4. The Kier molecular flexibility index (Phi) is 7.00. The number of rotatable bonds is 8. The maximum atomic E-state index is 10.9. The van der Waals surface area contributed by atoms with Gasteiger partial charge in [0, 0.05) is 23.2 Å². The standard InChI is InChI=1S/C23H22N4O3S/c1-15(2)10-16-4-6-17(7-5-16)21-14-31-23(26-21)18(12-24)13-25-20-9-8-19(27(28)29)11-22(20)30-3/h4-9,11,13-15,25H,10H2,1-3H3/b18-13+. The molecular weight excluding hydrogens is 412 g/mol. The molecule has 0 saturated heterocycles. The van der Waals surface area contributed by atoms with Gasteiger partial charge in [-0.05, 0) is 24.0 Å². The average Bonchev–Trinajstić information content (AvgIpc) is 3.24. The molecule has 0 aliphatic rings. The zero-order valence-electron chi connectivity index (χ0n) is 17.5. The summed E-state index contributed by atoms with van der Waals surface area (Å²) in [6, 6.07) is 14.7. The molecule has 158 valence electrons. The van der Waals surface area contributed by atoms with Crippen LogP contribution in [-0.2, 0) is 6.42 Å². The third-order valence-corrected chi connectivity index (χ3v) is 5.39. The van der Waals surface area contributed by atoms with E-state index in [2.05, 4.69) is 42.4 Å². The minimum absolute atomic E-state index is 0.0733. The molecule has 3 rings (SSSR count). The third kappa shape index (κ3) is 5.47. The number of aromatic nitrogens is 1. The van der Waals surface area contributed by atoms with Crippen molar-refractivity contribution < 1.29 is 9.66 Å². The first-order chi connectivity index (χ1) is 14.9. The number of anilines is 1. The Morgan fingerprint density at radius 1 is 1.32 bits per heavy atom. The van der Waals surface area contributed by atoms with Gasteiger partial charge in [-0.2, -0.15) is 5.26 Å². The van der Waals surface area contributed by atoms with E-state index in [1.807, 2.05) is 17.5 Å². The van der Waals surface area contributed by atoms with E-state index in [0.717, 1.165) is 17.7 Å². The highest BCUT2D eigenvalue weighted by atomic mass is 32.1. The predicted molar refractivity (Wildman–Crippen MR) is 123 cm³/mol. The van der Waals surface area contributed by atoms with Crippen LogP contribution in [0.15, 0.2) is 54.0 Å². The number of ether oxygens (including phenoxy) is 1. The molecule has 1 heterocycles. The molecule has 7 nitrogen and oxygen atoms in total. The van der Waals surface area contributed by atoms with Gasteiger partial charge in [-0.3, -0.25) is 10.1 Å². The molecule has 0 unspecified atom stereocenters. The second-order valence-corrected chi connectivity index (χ2v) is 8.15. The van der Waals surface area contributed by atoms with Crippen molar-refractivity contribution in [1.29, 1.82) is 5.26 Å². The van der Waals surface area contributed by atoms with Crippen molar-refractivity contribution in [2.75, 3.05) is 12.4 Å². The SMILES string of the molecule is COc1cc([N+](=O)[O-])ccc1N/C=C(\C#N)c1nc(-c2ccc(CC(C)C)cc2)cs1. The van der Waals surface area contributed by atoms with E-state index in [9.17, 15) is 15.4 Å². The molecule has 0 bridgehead atoms. The highest BCUT2D eigenvalue weighted by molar-refractivity contribution is 7.11. The highest BCUT2D eigenvalue weighted by Gasteiger charge is 2.13. The van der Waals surface area contributed by atoms with Crippen molar-refractivity contribution in [3.63, 3.8) is 0 Å². The molecular formula is C23H22N4O3S. The number of nitriles is 1. The summed E-state index contributed by atoms with van der Waals surface area (Å²) in [6.07, 6.45) is 2.56. The zero-order valence-corrected chi connectivity index (χ0v) is 18.3. The van der Waals surface area contributed by atoms with Gasteiger partial charge in [0.15, 0.2) is 0 Å². The fourth-order valence-electron chi connectivity index (χ4n) is 3.02. The molecule has 0 fully saturated rings. The number of methoxy groups -OCH3 is 1. The second kappa shape index (κ2) is 9.87. The number of thiazole rings is 1. The van der Waals surface area contributed by atoms with E-state index < -0.39 is 4.92 Å². The lowest BCUT2D eigenvalue weighted by Gasteiger charge is -2.08. The summed E-state index contributed by atoms with van der Waals surface area (Å²) in [5, 5.41) is 26.0. The second-order valence-electron chi connectivity index (χ2n) is 7.29. The lowest BCUT2D eigenvalue weighted by molar-refractivity contribution is -0.384. The Hall–Kier alpha value is -3.70. The van der Waals surface area contributed by atoms with Crippen LogP contribution in [-0.4, -0.2) is 17.0 Å². The third-order valence-electron chi connectivity index (χ3n) is 4.52. The van der Waals surface area contributed by atoms with Crippen molar-refractivity contribution in [1.82, 2.24) is 4.98 Å². The topological polar surface area (TPSA) is 101 Å². The number of hydrogen-bond acceptors (Lipinski definition) is 7. The number of nitrogens with zero attached hydrogens (tertiary/aromatic N) is 3. The Labute approximate surface area is 184 Å². The van der Waals surface area contributed by atoms with Crippen LogP contribution in [0, 0.1) is 27.4 Å². The van der Waals surface area contributed by atoms with E-state index in [1.54, 1.807) is 0 Å². The number of benzene rings is 2. The number of non-ortho nitro benzene ring substituents is 1. The molecule has 2 aromatic carbocycles. The van der Waals surface area contributed by atoms with Gasteiger partial charge in [0.1, 0.15) is 22.4 Å². The van der Waals surface area contributed by atoms with Crippen LogP contribution in [0.3, 0.4) is 0 Å². The number of nitro benzene ring substituents is 1. The molecule has 0 radical (unpaired) electrons. The summed E-state index contributed by atoms with van der Waals surface area (Å²) >= 11 is 1.38. The molecule has 1 aromatic heterocycles. The van der Waals surface area contributed by atoms with Gasteiger partial charge in [0.25, 0.3) is 5.69 Å². The Bertz CT molecular complexity index is 1140. The largest absolute Gasteiger partial charge is 0.494 e. The monoisotopic (exact) mass is 434 g/mol. The molecule has 1 N–H and O–H groups in total. The first-order valence-corrected chi connectivity index (χ1v) is 10.5. The number of nitrogens with one attached hydrogen (secondary N) is 1. The van der Waals surface area contributed by atoms with Crippen molar-refractivity contribution >= 4 is 28.3 Å². The van der Waals surface area contributed by atoms with Crippen LogP contribution < -0.4 is 10.1 Å². The van der Waals surface area contributed by atoms with Gasteiger partial charge in [-0.25, -0.2) is 4.98 Å². The first kappa shape index (κ1) is 22.0. The molecule has 8 heteroatoms. The lowest BCUT2D eigenvalue weighted by Crippen LogP contribution is -1.96. The molecule has 0 saturated carbocycles. The lowest BCUT2D eigenvalue weighted by atomic mass is 10.0. The van der Waals surface area contributed by atoms with Crippen LogP contribution in [0.2, 0.25) is 0 Å². The number of nitro groups is 1. The average molecular weight is 435 g/mol. The van der Waals surface area contributed by atoms with Crippen LogP contribution in [0.1, 0.15) is 24.4 Å². The quantitative estimate of drug-likeness (QED) is 0.269. The summed E-state index contributed by atoms with van der Waals surface area (Å²) in [5.41, 5.74) is 3.89. The maximum absolute atomic E-state index is 10.9. The van der Waals surface area contributed by atoms with E-state index in [0.29, 0.717) is 27.9 Å². The summed E-state index contributed by atoms with van der Waals surface area (Å²) < 4.78 is 5.21. The summed E-state index contributed by atoms with van der Waals surface area (Å²) in [7, 11) is 1.43. The Morgan fingerprint density at radius 2 is 2.06 bits per heavy atom. The van der Waals surface area contributed by atoms with Gasteiger partial charge < -0.3 is 10.1 Å². The molecule has 0 atom stereocenters. The van der Waals surface area contributed by atoms with Crippen molar-refractivity contribution in [3.8, 4) is 23.1 Å². The molecule has 0 aliphatic carbocycles. The normalized spacial score (nSPS) is 11.3. The highest BCUT2D eigenvalue weighted by Crippen LogP contribution is 2.30. The minimum Gasteiger partial charge on any atom is -0.494 e. The fourth-order valence-corrected chi connectivity index (χ4v) is 3.81. The maximum Gasteiger partial charge on any atom is 0.273 e. The molecule has 31 heavy (non-hydrogen) atoms. The van der Waals surface area contributed by atoms with Gasteiger partial charge in [-0.1, -0.05) is 38.1 Å². The van der Waals surface area contributed by atoms with E-state index in [1.165, 1.54) is 48.4 Å². The van der Waals surface area contributed by atoms with Crippen LogP contribution in [0.5, 0.6) is 5.75 Å².